The fourth-order valence-electron chi connectivity index (χ4n) is 2.87. The molecule has 0 spiro atoms. The highest BCUT2D eigenvalue weighted by atomic mass is 127. The van der Waals surface area contributed by atoms with Gasteiger partial charge < -0.3 is 0 Å². The van der Waals surface area contributed by atoms with E-state index in [-0.39, 0.29) is 0 Å². The summed E-state index contributed by atoms with van der Waals surface area (Å²) in [6.45, 7) is 2.26. The number of pyridine rings is 1. The van der Waals surface area contributed by atoms with Gasteiger partial charge >= 0.3 is 0 Å². The lowest BCUT2D eigenvalue weighted by Crippen LogP contribution is -2.06. The summed E-state index contributed by atoms with van der Waals surface area (Å²) in [6.07, 6.45) is 16.4. The molecule has 5 nitrogen and oxygen atoms in total. The normalized spacial score (nSPS) is 11.1. The number of aryl methyl sites for hydroxylation is 1. The third-order valence-electron chi connectivity index (χ3n) is 4.20. The minimum atomic E-state index is 0.842. The van der Waals surface area contributed by atoms with Crippen LogP contribution >= 0.6 is 22.6 Å². The topological polar surface area (TPSA) is 48.5 Å². The predicted molar refractivity (Wildman–Crippen MR) is 108 cm³/mol. The van der Waals surface area contributed by atoms with Gasteiger partial charge in [0.25, 0.3) is 0 Å². The van der Waals surface area contributed by atoms with Crippen molar-refractivity contribution in [2.24, 2.45) is 0 Å². The second-order valence-electron chi connectivity index (χ2n) is 6.26. The van der Waals surface area contributed by atoms with Gasteiger partial charge in [0.2, 0.25) is 0 Å². The lowest BCUT2D eigenvalue weighted by atomic mass is 10.1. The zero-order valence-electron chi connectivity index (χ0n) is 14.6. The van der Waals surface area contributed by atoms with Crippen molar-refractivity contribution >= 4 is 22.6 Å². The number of halogens is 1. The molecule has 0 saturated heterocycles. The second-order valence-corrected chi connectivity index (χ2v) is 7.51. The van der Waals surface area contributed by atoms with Gasteiger partial charge in [-0.1, -0.05) is 39.0 Å². The van der Waals surface area contributed by atoms with Crippen LogP contribution in [-0.2, 0) is 6.42 Å². The number of nitrogens with zero attached hydrogens (tertiary/aromatic N) is 5. The first-order chi connectivity index (χ1) is 12.3. The molecule has 0 N–H and O–H groups in total. The van der Waals surface area contributed by atoms with Crippen molar-refractivity contribution < 1.29 is 0 Å². The molecule has 3 rings (SSSR count). The average molecular weight is 449 g/mol. The zero-order valence-corrected chi connectivity index (χ0v) is 16.8. The number of rotatable bonds is 9. The molecule has 0 aliphatic rings. The van der Waals surface area contributed by atoms with E-state index in [1.807, 2.05) is 34.0 Å². The van der Waals surface area contributed by atoms with Gasteiger partial charge in [0.15, 0.2) is 11.6 Å². The third-order valence-corrected chi connectivity index (χ3v) is 4.76. The molecule has 6 heteroatoms. The number of aromatic nitrogens is 5. The van der Waals surface area contributed by atoms with Crippen molar-refractivity contribution in [2.75, 3.05) is 0 Å². The zero-order chi connectivity index (χ0) is 17.5. The Morgan fingerprint density at radius 3 is 2.40 bits per heavy atom. The Labute approximate surface area is 162 Å². The van der Waals surface area contributed by atoms with Crippen molar-refractivity contribution in [3.05, 3.63) is 52.1 Å². The van der Waals surface area contributed by atoms with Crippen molar-refractivity contribution in [3.63, 3.8) is 0 Å². The van der Waals surface area contributed by atoms with Crippen LogP contribution in [0, 0.1) is 3.57 Å². The standard InChI is InChI=1S/C19H24IN5/c1-2-3-4-5-6-7-9-16-12-18(24-11-8-10-21-24)23-19(13-16)25-15-17(20)14-22-25/h8,10-15H,2-7,9H2,1H3. The molecule has 3 aromatic heterocycles. The van der Waals surface area contributed by atoms with E-state index in [1.54, 1.807) is 6.20 Å². The Balaban J connectivity index is 1.76. The number of unbranched alkanes of at least 4 members (excludes halogenated alkanes) is 5. The van der Waals surface area contributed by atoms with Crippen LogP contribution in [0.15, 0.2) is 43.0 Å². The van der Waals surface area contributed by atoms with E-state index in [1.165, 1.54) is 44.1 Å². The average Bonchev–Trinajstić information content (AvgIpc) is 3.29. The predicted octanol–water partition coefficient (Wildman–Crippen LogP) is 4.96. The summed E-state index contributed by atoms with van der Waals surface area (Å²) in [7, 11) is 0. The van der Waals surface area contributed by atoms with Crippen LogP contribution in [0.25, 0.3) is 11.6 Å². The monoisotopic (exact) mass is 449 g/mol. The highest BCUT2D eigenvalue weighted by Gasteiger charge is 2.08. The summed E-state index contributed by atoms with van der Waals surface area (Å²) >= 11 is 2.27. The van der Waals surface area contributed by atoms with E-state index in [0.29, 0.717) is 0 Å². The molecule has 0 aliphatic carbocycles. The lowest BCUT2D eigenvalue weighted by Gasteiger charge is -2.09. The van der Waals surface area contributed by atoms with Crippen LogP contribution in [0.4, 0.5) is 0 Å². The van der Waals surface area contributed by atoms with Gasteiger partial charge in [-0.3, -0.25) is 0 Å². The quantitative estimate of drug-likeness (QED) is 0.343. The van der Waals surface area contributed by atoms with Crippen molar-refractivity contribution in [1.29, 1.82) is 0 Å². The number of hydrogen-bond acceptors (Lipinski definition) is 3. The Kier molecular flexibility index (Phi) is 6.61. The maximum atomic E-state index is 4.73. The summed E-state index contributed by atoms with van der Waals surface area (Å²) in [5, 5.41) is 8.72. The Morgan fingerprint density at radius 2 is 1.72 bits per heavy atom. The van der Waals surface area contributed by atoms with Gasteiger partial charge in [0.05, 0.1) is 9.77 Å². The summed E-state index contributed by atoms with van der Waals surface area (Å²) in [6, 6.07) is 6.19. The van der Waals surface area contributed by atoms with Gasteiger partial charge in [-0.2, -0.15) is 10.2 Å². The summed E-state index contributed by atoms with van der Waals surface area (Å²) in [4.78, 5) is 4.73. The fraction of sp³-hybridized carbons (Fsp3) is 0.421. The van der Waals surface area contributed by atoms with Crippen LogP contribution < -0.4 is 0 Å². The van der Waals surface area contributed by atoms with E-state index in [9.17, 15) is 0 Å². The van der Waals surface area contributed by atoms with Crippen LogP contribution in [-0.4, -0.2) is 24.5 Å². The molecule has 0 unspecified atom stereocenters. The molecule has 25 heavy (non-hydrogen) atoms. The first-order valence-corrected chi connectivity index (χ1v) is 10.1. The SMILES string of the molecule is CCCCCCCCc1cc(-n2cccn2)nc(-n2cc(I)cn2)c1. The second kappa shape index (κ2) is 9.12. The van der Waals surface area contributed by atoms with Gasteiger partial charge in [-0.15, -0.1) is 0 Å². The minimum Gasteiger partial charge on any atom is -0.223 e. The van der Waals surface area contributed by atoms with Crippen LogP contribution in [0.3, 0.4) is 0 Å². The van der Waals surface area contributed by atoms with Crippen molar-refractivity contribution in [3.8, 4) is 11.6 Å². The maximum Gasteiger partial charge on any atom is 0.156 e. The first kappa shape index (κ1) is 18.1. The van der Waals surface area contributed by atoms with Crippen LogP contribution in [0.5, 0.6) is 0 Å². The molecule has 132 valence electrons. The minimum absolute atomic E-state index is 0.842. The Hall–Kier alpha value is -1.70. The van der Waals surface area contributed by atoms with E-state index in [4.69, 9.17) is 4.98 Å². The van der Waals surface area contributed by atoms with Crippen LogP contribution in [0.1, 0.15) is 51.0 Å². The van der Waals surface area contributed by atoms with Crippen LogP contribution in [0.2, 0.25) is 0 Å². The highest BCUT2D eigenvalue weighted by Crippen LogP contribution is 2.17. The first-order valence-electron chi connectivity index (χ1n) is 8.98. The molecule has 0 amide bonds. The number of hydrogen-bond donors (Lipinski definition) is 0. The van der Waals surface area contributed by atoms with Gasteiger partial charge in [0, 0.05) is 18.6 Å². The highest BCUT2D eigenvalue weighted by molar-refractivity contribution is 14.1. The van der Waals surface area contributed by atoms with E-state index >= 15 is 0 Å². The molecule has 0 radical (unpaired) electrons. The smallest absolute Gasteiger partial charge is 0.156 e. The van der Waals surface area contributed by atoms with Gasteiger partial charge in [-0.25, -0.2) is 14.3 Å². The summed E-state index contributed by atoms with van der Waals surface area (Å²) < 4.78 is 4.74. The third kappa shape index (κ3) is 5.14. The van der Waals surface area contributed by atoms with E-state index in [0.717, 1.165) is 21.6 Å². The molecule has 3 aromatic rings. The Bertz CT molecular complexity index is 779. The Morgan fingerprint density at radius 1 is 0.960 bits per heavy atom. The molecular formula is C19H24IN5. The summed E-state index contributed by atoms with van der Waals surface area (Å²) in [5.41, 5.74) is 1.29. The lowest BCUT2D eigenvalue weighted by molar-refractivity contribution is 0.607. The molecule has 3 heterocycles. The van der Waals surface area contributed by atoms with Crippen molar-refractivity contribution in [2.45, 2.75) is 51.9 Å². The van der Waals surface area contributed by atoms with E-state index in [2.05, 4.69) is 51.8 Å². The largest absolute Gasteiger partial charge is 0.223 e. The van der Waals surface area contributed by atoms with Gasteiger partial charge in [0.1, 0.15) is 0 Å². The molecular weight excluding hydrogens is 425 g/mol. The molecule has 0 atom stereocenters. The van der Waals surface area contributed by atoms with Crippen molar-refractivity contribution in [1.82, 2.24) is 24.5 Å². The molecule has 0 fully saturated rings. The summed E-state index contributed by atoms with van der Waals surface area (Å²) in [5.74, 6) is 1.69. The van der Waals surface area contributed by atoms with E-state index < -0.39 is 0 Å². The van der Waals surface area contributed by atoms with Gasteiger partial charge in [-0.05, 0) is 59.2 Å². The fourth-order valence-corrected chi connectivity index (χ4v) is 3.26. The molecule has 0 aliphatic heterocycles. The molecule has 0 saturated carbocycles. The molecule has 0 aromatic carbocycles. The molecule has 0 bridgehead atoms. The maximum absolute atomic E-state index is 4.73.